The van der Waals surface area contributed by atoms with Crippen LogP contribution < -0.4 is 0 Å². The first-order valence-corrected chi connectivity index (χ1v) is 9.60. The highest BCUT2D eigenvalue weighted by molar-refractivity contribution is 5.87. The van der Waals surface area contributed by atoms with Crippen LogP contribution in [-0.2, 0) is 19.0 Å². The smallest absolute Gasteiger partial charge is 0.331 e. The molecule has 1 aliphatic heterocycles. The topological polar surface area (TPSA) is 166 Å². The van der Waals surface area contributed by atoms with Crippen molar-refractivity contribution in [2.75, 3.05) is 19.8 Å². The number of aliphatic hydroxyl groups excluding tert-OH is 4. The van der Waals surface area contributed by atoms with Crippen molar-refractivity contribution in [2.24, 2.45) is 5.92 Å². The van der Waals surface area contributed by atoms with Gasteiger partial charge in [-0.3, -0.25) is 0 Å². The van der Waals surface area contributed by atoms with Gasteiger partial charge in [0.15, 0.2) is 17.8 Å². The van der Waals surface area contributed by atoms with Gasteiger partial charge < -0.3 is 44.8 Å². The van der Waals surface area contributed by atoms with Crippen LogP contribution in [0, 0.1) is 5.92 Å². The molecule has 0 spiro atoms. The van der Waals surface area contributed by atoms with Crippen LogP contribution in [0.4, 0.5) is 0 Å². The minimum absolute atomic E-state index is 0.0156. The van der Waals surface area contributed by atoms with Crippen molar-refractivity contribution in [3.05, 3.63) is 42.0 Å². The van der Waals surface area contributed by atoms with E-state index in [9.17, 15) is 35.4 Å². The molecule has 2 rings (SSSR count). The minimum Gasteiger partial charge on any atom is -0.504 e. The number of hydrogen-bond acceptors (Lipinski definition) is 10. The molecule has 10 heteroatoms. The molecule has 3 unspecified atom stereocenters. The molecule has 0 radical (unpaired) electrons. The van der Waals surface area contributed by atoms with Gasteiger partial charge in [0.2, 0.25) is 0 Å². The van der Waals surface area contributed by atoms with Crippen molar-refractivity contribution in [3.63, 3.8) is 0 Å². The first-order chi connectivity index (χ1) is 14.6. The number of phenols is 2. The second kappa shape index (κ2) is 11.2. The second-order valence-corrected chi connectivity index (χ2v) is 7.28. The van der Waals surface area contributed by atoms with Crippen molar-refractivity contribution < 1.29 is 49.6 Å². The number of phenolic OH excluding ortho intramolecular Hbond substituents is 2. The van der Waals surface area contributed by atoms with Crippen LogP contribution in [-0.4, -0.2) is 87.1 Å². The molecule has 0 aliphatic carbocycles. The SMILES string of the molecule is C=C(COC(=O)/C=C/c1ccc(O)c(O)c1)C(C)CO[C@@H]1OC(CO)[C@@H](O)[C@@H](O)C1O. The van der Waals surface area contributed by atoms with Crippen LogP contribution in [0.1, 0.15) is 12.5 Å². The quantitative estimate of drug-likeness (QED) is 0.129. The third-order valence-corrected chi connectivity index (χ3v) is 4.87. The summed E-state index contributed by atoms with van der Waals surface area (Å²) in [4.78, 5) is 11.9. The first-order valence-electron chi connectivity index (χ1n) is 9.60. The summed E-state index contributed by atoms with van der Waals surface area (Å²) < 4.78 is 15.8. The van der Waals surface area contributed by atoms with Gasteiger partial charge >= 0.3 is 5.97 Å². The zero-order chi connectivity index (χ0) is 23.1. The maximum Gasteiger partial charge on any atom is 0.331 e. The van der Waals surface area contributed by atoms with Crippen molar-refractivity contribution in [1.82, 2.24) is 0 Å². The second-order valence-electron chi connectivity index (χ2n) is 7.28. The van der Waals surface area contributed by atoms with Gasteiger partial charge in [0, 0.05) is 12.0 Å². The third kappa shape index (κ3) is 6.76. The lowest BCUT2D eigenvalue weighted by molar-refractivity contribution is -0.302. The zero-order valence-corrected chi connectivity index (χ0v) is 17.0. The van der Waals surface area contributed by atoms with Gasteiger partial charge in [0.25, 0.3) is 0 Å². The molecule has 172 valence electrons. The molecular formula is C21H28O10. The first kappa shape index (κ1) is 24.8. The summed E-state index contributed by atoms with van der Waals surface area (Å²) in [6, 6.07) is 4.09. The van der Waals surface area contributed by atoms with Crippen LogP contribution in [0.5, 0.6) is 11.5 Å². The highest BCUT2D eigenvalue weighted by atomic mass is 16.7. The average Bonchev–Trinajstić information content (AvgIpc) is 2.75. The molecule has 1 heterocycles. The molecule has 0 aromatic heterocycles. The van der Waals surface area contributed by atoms with Crippen LogP contribution in [0.15, 0.2) is 36.4 Å². The van der Waals surface area contributed by atoms with E-state index in [2.05, 4.69) is 6.58 Å². The van der Waals surface area contributed by atoms with Gasteiger partial charge in [-0.25, -0.2) is 4.79 Å². The fourth-order valence-electron chi connectivity index (χ4n) is 2.72. The van der Waals surface area contributed by atoms with E-state index >= 15 is 0 Å². The number of aromatic hydroxyl groups is 2. The Morgan fingerprint density at radius 1 is 1.19 bits per heavy atom. The normalized spacial score (nSPS) is 27.2. The van der Waals surface area contributed by atoms with E-state index in [1.54, 1.807) is 6.92 Å². The molecular weight excluding hydrogens is 412 g/mol. The standard InChI is InChI=1S/C21H28O10/c1-11(9-29-17(25)6-4-13-3-5-14(23)15(24)7-13)12(2)10-30-21-20(28)19(27)18(26)16(8-22)31-21/h3-7,12,16,18-24,26-28H,1,8-10H2,2H3/b6-4+/t12?,16?,18-,19-,20?,21-/m1/s1. The lowest BCUT2D eigenvalue weighted by Crippen LogP contribution is -2.59. The molecule has 0 bridgehead atoms. The number of carbonyl (C=O) groups is 1. The zero-order valence-electron chi connectivity index (χ0n) is 17.0. The summed E-state index contributed by atoms with van der Waals surface area (Å²) in [5.41, 5.74) is 1.01. The van der Waals surface area contributed by atoms with Gasteiger partial charge in [-0.1, -0.05) is 19.6 Å². The fraction of sp³-hybridized carbons (Fsp3) is 0.476. The third-order valence-electron chi connectivity index (χ3n) is 4.87. The Balaban J connectivity index is 1.78. The summed E-state index contributed by atoms with van der Waals surface area (Å²) >= 11 is 0. The maximum absolute atomic E-state index is 11.9. The summed E-state index contributed by atoms with van der Waals surface area (Å²) in [6.07, 6.45) is -4.24. The summed E-state index contributed by atoms with van der Waals surface area (Å²) in [6.45, 7) is 4.94. The number of hydrogen-bond donors (Lipinski definition) is 6. The van der Waals surface area contributed by atoms with Crippen molar-refractivity contribution >= 4 is 12.0 Å². The molecule has 6 atom stereocenters. The van der Waals surface area contributed by atoms with Gasteiger partial charge in [-0.05, 0) is 29.3 Å². The van der Waals surface area contributed by atoms with Gasteiger partial charge in [0.05, 0.1) is 13.2 Å². The molecule has 31 heavy (non-hydrogen) atoms. The highest BCUT2D eigenvalue weighted by Crippen LogP contribution is 2.25. The fourth-order valence-corrected chi connectivity index (χ4v) is 2.72. The van der Waals surface area contributed by atoms with E-state index in [-0.39, 0.29) is 30.6 Å². The molecule has 1 aromatic rings. The molecule has 10 nitrogen and oxygen atoms in total. The maximum atomic E-state index is 11.9. The Labute approximate surface area is 179 Å². The van der Waals surface area contributed by atoms with Crippen molar-refractivity contribution in [1.29, 1.82) is 0 Å². The highest BCUT2D eigenvalue weighted by Gasteiger charge is 2.44. The number of rotatable bonds is 9. The Morgan fingerprint density at radius 3 is 2.55 bits per heavy atom. The van der Waals surface area contributed by atoms with Crippen LogP contribution in [0.3, 0.4) is 0 Å². The molecule has 0 amide bonds. The number of carbonyl (C=O) groups excluding carboxylic acids is 1. The van der Waals surface area contributed by atoms with Crippen molar-refractivity contribution in [2.45, 2.75) is 37.6 Å². The predicted octanol–water partition coefficient (Wildman–Crippen LogP) is -0.337. The molecule has 1 fully saturated rings. The Bertz CT molecular complexity index is 790. The Hall–Kier alpha value is -2.47. The predicted molar refractivity (Wildman–Crippen MR) is 108 cm³/mol. The van der Waals surface area contributed by atoms with E-state index in [1.807, 2.05) is 0 Å². The largest absolute Gasteiger partial charge is 0.504 e. The van der Waals surface area contributed by atoms with E-state index in [0.717, 1.165) is 6.08 Å². The van der Waals surface area contributed by atoms with Gasteiger partial charge in [-0.2, -0.15) is 0 Å². The Morgan fingerprint density at radius 2 is 1.90 bits per heavy atom. The van der Waals surface area contributed by atoms with E-state index in [0.29, 0.717) is 11.1 Å². The summed E-state index contributed by atoms with van der Waals surface area (Å²) in [5.74, 6) is -1.53. The summed E-state index contributed by atoms with van der Waals surface area (Å²) in [7, 11) is 0. The average molecular weight is 440 g/mol. The van der Waals surface area contributed by atoms with Gasteiger partial charge in [0.1, 0.15) is 31.0 Å². The van der Waals surface area contributed by atoms with E-state index in [1.165, 1.54) is 24.3 Å². The van der Waals surface area contributed by atoms with E-state index < -0.39 is 43.3 Å². The minimum atomic E-state index is -1.53. The molecule has 1 aliphatic rings. The van der Waals surface area contributed by atoms with Crippen LogP contribution in [0.2, 0.25) is 0 Å². The van der Waals surface area contributed by atoms with Crippen LogP contribution in [0.25, 0.3) is 6.08 Å². The van der Waals surface area contributed by atoms with Crippen LogP contribution >= 0.6 is 0 Å². The van der Waals surface area contributed by atoms with E-state index in [4.69, 9.17) is 14.2 Å². The number of benzene rings is 1. The number of ether oxygens (including phenoxy) is 3. The number of aliphatic hydroxyl groups is 4. The Kier molecular flexibility index (Phi) is 8.99. The molecule has 0 saturated carbocycles. The molecule has 1 aromatic carbocycles. The monoisotopic (exact) mass is 440 g/mol. The van der Waals surface area contributed by atoms with Crippen molar-refractivity contribution in [3.8, 4) is 11.5 Å². The van der Waals surface area contributed by atoms with Gasteiger partial charge in [-0.15, -0.1) is 0 Å². The lowest BCUT2D eigenvalue weighted by atomic mass is 9.99. The number of esters is 1. The molecule has 1 saturated heterocycles. The summed E-state index contributed by atoms with van der Waals surface area (Å²) in [5, 5.41) is 57.4. The molecule has 6 N–H and O–H groups in total. The lowest BCUT2D eigenvalue weighted by Gasteiger charge is -2.39.